The van der Waals surface area contributed by atoms with Gasteiger partial charge in [-0.05, 0) is 61.8 Å². The van der Waals surface area contributed by atoms with Crippen LogP contribution in [0, 0.1) is 19.8 Å². The lowest BCUT2D eigenvalue weighted by atomic mass is 9.89. The fraction of sp³-hybridized carbons (Fsp3) is 0.364. The maximum Gasteiger partial charge on any atom is 0.272 e. The highest BCUT2D eigenvalue weighted by molar-refractivity contribution is 5.95. The van der Waals surface area contributed by atoms with E-state index in [1.54, 1.807) is 6.07 Å². The number of aromatic nitrogens is 3. The van der Waals surface area contributed by atoms with E-state index in [-0.39, 0.29) is 11.5 Å². The van der Waals surface area contributed by atoms with Crippen molar-refractivity contribution in [2.75, 3.05) is 13.1 Å². The van der Waals surface area contributed by atoms with E-state index in [4.69, 9.17) is 0 Å². The summed E-state index contributed by atoms with van der Waals surface area (Å²) < 4.78 is 0. The molecule has 3 aromatic rings. The molecule has 0 aliphatic carbocycles. The topological polar surface area (TPSA) is 79.0 Å². The van der Waals surface area contributed by atoms with Gasteiger partial charge in [-0.3, -0.25) is 9.59 Å². The van der Waals surface area contributed by atoms with E-state index in [1.807, 2.05) is 4.90 Å². The Balaban J connectivity index is 1.42. The fourth-order valence-electron chi connectivity index (χ4n) is 3.85. The first-order valence-corrected chi connectivity index (χ1v) is 9.70. The number of carbonyl (C=O) groups excluding carboxylic acids is 1. The summed E-state index contributed by atoms with van der Waals surface area (Å²) >= 11 is 0. The number of nitrogens with one attached hydrogen (secondary N) is 1. The van der Waals surface area contributed by atoms with Gasteiger partial charge in [0.15, 0.2) is 0 Å². The number of rotatable bonds is 3. The van der Waals surface area contributed by atoms with Crippen molar-refractivity contribution in [2.45, 2.75) is 33.1 Å². The molecule has 0 radical (unpaired) electrons. The number of likely N-dealkylation sites (tertiary alicyclic amines) is 1. The monoisotopic (exact) mass is 376 g/mol. The van der Waals surface area contributed by atoms with Crippen LogP contribution in [-0.2, 0) is 6.42 Å². The molecule has 0 unspecified atom stereocenters. The second kappa shape index (κ2) is 7.54. The molecule has 0 atom stereocenters. The Morgan fingerprint density at radius 1 is 1.14 bits per heavy atom. The summed E-state index contributed by atoms with van der Waals surface area (Å²) in [7, 11) is 0. The van der Waals surface area contributed by atoms with Crippen LogP contribution in [0.2, 0.25) is 0 Å². The highest BCUT2D eigenvalue weighted by Crippen LogP contribution is 2.24. The maximum atomic E-state index is 12.8. The Morgan fingerprint density at radius 2 is 1.93 bits per heavy atom. The largest absolute Gasteiger partial charge is 0.337 e. The Morgan fingerprint density at radius 3 is 2.68 bits per heavy atom. The number of pyridine rings is 1. The van der Waals surface area contributed by atoms with Gasteiger partial charge in [-0.2, -0.15) is 0 Å². The van der Waals surface area contributed by atoms with Gasteiger partial charge in [-0.1, -0.05) is 18.2 Å². The van der Waals surface area contributed by atoms with Crippen molar-refractivity contribution in [1.29, 1.82) is 0 Å². The molecule has 1 aliphatic heterocycles. The van der Waals surface area contributed by atoms with Crippen LogP contribution < -0.4 is 5.56 Å². The van der Waals surface area contributed by atoms with Gasteiger partial charge in [0.1, 0.15) is 5.69 Å². The second-order valence-corrected chi connectivity index (χ2v) is 7.68. The molecule has 1 saturated heterocycles. The third-order valence-corrected chi connectivity index (χ3v) is 5.74. The van der Waals surface area contributed by atoms with E-state index in [0.29, 0.717) is 22.5 Å². The Kier molecular flexibility index (Phi) is 4.94. The fourth-order valence-corrected chi connectivity index (χ4v) is 3.85. The lowest BCUT2D eigenvalue weighted by Crippen LogP contribution is -2.39. The summed E-state index contributed by atoms with van der Waals surface area (Å²) in [6.07, 6.45) is 5.85. The zero-order chi connectivity index (χ0) is 19.7. The van der Waals surface area contributed by atoms with E-state index < -0.39 is 0 Å². The van der Waals surface area contributed by atoms with Crippen LogP contribution in [0.5, 0.6) is 0 Å². The molecule has 1 amide bonds. The smallest absolute Gasteiger partial charge is 0.272 e. The van der Waals surface area contributed by atoms with E-state index in [9.17, 15) is 9.59 Å². The number of hydrogen-bond acceptors (Lipinski definition) is 4. The zero-order valence-corrected chi connectivity index (χ0v) is 16.2. The molecular formula is C22H24N4O2. The minimum Gasteiger partial charge on any atom is -0.337 e. The number of aryl methyl sites for hydroxylation is 2. The van der Waals surface area contributed by atoms with Crippen molar-refractivity contribution in [1.82, 2.24) is 19.9 Å². The van der Waals surface area contributed by atoms with Crippen LogP contribution in [0.25, 0.3) is 10.9 Å². The number of carbonyl (C=O) groups is 1. The first-order valence-electron chi connectivity index (χ1n) is 9.70. The molecule has 1 aromatic carbocycles. The summed E-state index contributed by atoms with van der Waals surface area (Å²) in [6, 6.07) is 8.22. The standard InChI is InChI=1S/C22H24N4O2/c1-14-3-4-17(9-15(14)2)10-16-5-7-26(8-6-16)22(28)19-11-18-20(12-23-19)24-13-25-21(18)27/h3-4,9,11-13,16H,5-8,10H2,1-2H3,(H,24,25,27). The van der Waals surface area contributed by atoms with Crippen molar-refractivity contribution in [3.05, 3.63) is 69.5 Å². The normalized spacial score (nSPS) is 15.1. The number of amides is 1. The summed E-state index contributed by atoms with van der Waals surface area (Å²) in [5.74, 6) is 0.470. The average molecular weight is 376 g/mol. The highest BCUT2D eigenvalue weighted by atomic mass is 16.2. The maximum absolute atomic E-state index is 12.8. The molecule has 1 fully saturated rings. The number of benzene rings is 1. The molecule has 144 valence electrons. The molecule has 0 bridgehead atoms. The minimum absolute atomic E-state index is 0.116. The second-order valence-electron chi connectivity index (χ2n) is 7.68. The van der Waals surface area contributed by atoms with Crippen molar-refractivity contribution in [2.24, 2.45) is 5.92 Å². The summed E-state index contributed by atoms with van der Waals surface area (Å²) in [5.41, 5.74) is 4.56. The van der Waals surface area contributed by atoms with Crippen LogP contribution in [0.3, 0.4) is 0 Å². The molecule has 6 nitrogen and oxygen atoms in total. The van der Waals surface area contributed by atoms with Crippen LogP contribution in [0.4, 0.5) is 0 Å². The first-order chi connectivity index (χ1) is 13.5. The molecule has 0 saturated carbocycles. The van der Waals surface area contributed by atoms with Gasteiger partial charge in [0.05, 0.1) is 23.4 Å². The lowest BCUT2D eigenvalue weighted by molar-refractivity contribution is 0.0685. The quantitative estimate of drug-likeness (QED) is 0.762. The number of piperidine rings is 1. The molecule has 28 heavy (non-hydrogen) atoms. The Labute approximate surface area is 163 Å². The third-order valence-electron chi connectivity index (χ3n) is 5.74. The first kappa shape index (κ1) is 18.3. The minimum atomic E-state index is -0.256. The summed E-state index contributed by atoms with van der Waals surface area (Å²) in [5, 5.41) is 0.394. The number of H-pyrrole nitrogens is 1. The van der Waals surface area contributed by atoms with Crippen LogP contribution >= 0.6 is 0 Å². The molecule has 0 spiro atoms. The lowest BCUT2D eigenvalue weighted by Gasteiger charge is -2.32. The van der Waals surface area contributed by atoms with Crippen molar-refractivity contribution >= 4 is 16.8 Å². The molecule has 6 heteroatoms. The number of hydrogen-bond donors (Lipinski definition) is 1. The van der Waals surface area contributed by atoms with Gasteiger partial charge in [-0.15, -0.1) is 0 Å². The van der Waals surface area contributed by atoms with Crippen molar-refractivity contribution in [3.8, 4) is 0 Å². The van der Waals surface area contributed by atoms with E-state index in [1.165, 1.54) is 29.2 Å². The van der Waals surface area contributed by atoms with Crippen LogP contribution in [0.1, 0.15) is 40.0 Å². The van der Waals surface area contributed by atoms with Crippen LogP contribution in [-0.4, -0.2) is 38.8 Å². The Bertz CT molecular complexity index is 1080. The highest BCUT2D eigenvalue weighted by Gasteiger charge is 2.25. The Hall–Kier alpha value is -3.02. The molecule has 2 aromatic heterocycles. The molecule has 1 N–H and O–H groups in total. The molecule has 3 heterocycles. The predicted molar refractivity (Wildman–Crippen MR) is 108 cm³/mol. The van der Waals surface area contributed by atoms with Gasteiger partial charge < -0.3 is 9.88 Å². The van der Waals surface area contributed by atoms with E-state index in [0.717, 1.165) is 32.4 Å². The SMILES string of the molecule is Cc1ccc(CC2CCN(C(=O)c3cc4c(=O)[nH]cnc4cn3)CC2)cc1C. The zero-order valence-electron chi connectivity index (χ0n) is 16.2. The van der Waals surface area contributed by atoms with Crippen molar-refractivity contribution < 1.29 is 4.79 Å². The number of fused-ring (bicyclic) bond motifs is 1. The average Bonchev–Trinajstić information content (AvgIpc) is 2.71. The van der Waals surface area contributed by atoms with Crippen LogP contribution in [0.15, 0.2) is 41.6 Å². The van der Waals surface area contributed by atoms with E-state index in [2.05, 4.69) is 47.0 Å². The summed E-state index contributed by atoms with van der Waals surface area (Å²) in [6.45, 7) is 5.72. The number of nitrogens with zero attached hydrogens (tertiary/aromatic N) is 3. The molecule has 1 aliphatic rings. The predicted octanol–water partition coefficient (Wildman–Crippen LogP) is 3.03. The van der Waals surface area contributed by atoms with Gasteiger partial charge in [0.2, 0.25) is 0 Å². The van der Waals surface area contributed by atoms with Gasteiger partial charge in [0, 0.05) is 13.1 Å². The van der Waals surface area contributed by atoms with Crippen molar-refractivity contribution in [3.63, 3.8) is 0 Å². The summed E-state index contributed by atoms with van der Waals surface area (Å²) in [4.78, 5) is 37.5. The van der Waals surface area contributed by atoms with E-state index >= 15 is 0 Å². The van der Waals surface area contributed by atoms with Gasteiger partial charge in [-0.25, -0.2) is 9.97 Å². The molecular weight excluding hydrogens is 352 g/mol. The van der Waals surface area contributed by atoms with Gasteiger partial charge >= 0.3 is 0 Å². The van der Waals surface area contributed by atoms with Gasteiger partial charge in [0.25, 0.3) is 11.5 Å². The molecule has 4 rings (SSSR count). The number of aromatic amines is 1. The third kappa shape index (κ3) is 3.67.